The summed E-state index contributed by atoms with van der Waals surface area (Å²) in [4.78, 5) is 27.2. The van der Waals surface area contributed by atoms with Crippen LogP contribution in [0.3, 0.4) is 0 Å². The van der Waals surface area contributed by atoms with Crippen molar-refractivity contribution >= 4 is 11.8 Å². The zero-order chi connectivity index (χ0) is 15.3. The van der Waals surface area contributed by atoms with Gasteiger partial charge in [-0.1, -0.05) is 6.92 Å². The van der Waals surface area contributed by atoms with E-state index in [1.165, 1.54) is 28.0 Å². The van der Waals surface area contributed by atoms with E-state index >= 15 is 0 Å². The summed E-state index contributed by atoms with van der Waals surface area (Å²) in [6.07, 6.45) is 0.757. The minimum atomic E-state index is -0.370. The Morgan fingerprint density at radius 2 is 1.90 bits per heavy atom. The summed E-state index contributed by atoms with van der Waals surface area (Å²) in [5.41, 5.74) is 1.01. The van der Waals surface area contributed by atoms with E-state index in [0.717, 1.165) is 6.42 Å². The number of carbonyl (C=O) groups is 2. The molecular weight excluding hydrogens is 259 g/mol. The highest BCUT2D eigenvalue weighted by Crippen LogP contribution is 2.13. The molecule has 0 atom stereocenters. The number of hydrogen-bond donors (Lipinski definition) is 0. The van der Waals surface area contributed by atoms with Crippen molar-refractivity contribution < 1.29 is 14.0 Å². The van der Waals surface area contributed by atoms with Gasteiger partial charge in [0.2, 0.25) is 5.91 Å². The number of likely N-dealkylation sites (N-methyl/N-ethyl adjacent to an activating group) is 1. The summed E-state index contributed by atoms with van der Waals surface area (Å²) in [7, 11) is 3.31. The van der Waals surface area contributed by atoms with Crippen LogP contribution in [0.4, 0.5) is 4.39 Å². The molecule has 0 spiro atoms. The molecule has 0 N–H and O–H groups in total. The molecule has 0 radical (unpaired) electrons. The van der Waals surface area contributed by atoms with Crippen LogP contribution in [0.25, 0.3) is 0 Å². The van der Waals surface area contributed by atoms with Crippen LogP contribution in [0.2, 0.25) is 0 Å². The molecule has 20 heavy (non-hydrogen) atoms. The van der Waals surface area contributed by atoms with Gasteiger partial charge in [0.05, 0.1) is 0 Å². The quantitative estimate of drug-likeness (QED) is 0.828. The fourth-order valence-electron chi connectivity index (χ4n) is 1.86. The van der Waals surface area contributed by atoms with E-state index in [4.69, 9.17) is 0 Å². The van der Waals surface area contributed by atoms with Crippen molar-refractivity contribution in [2.24, 2.45) is 0 Å². The topological polar surface area (TPSA) is 40.6 Å². The van der Waals surface area contributed by atoms with Gasteiger partial charge in [0, 0.05) is 26.2 Å². The first kappa shape index (κ1) is 16.1. The average Bonchev–Trinajstić information content (AvgIpc) is 2.37. The summed E-state index contributed by atoms with van der Waals surface area (Å²) in [5, 5.41) is 0. The Morgan fingerprint density at radius 1 is 1.25 bits per heavy atom. The maximum atomic E-state index is 13.1. The Morgan fingerprint density at radius 3 is 2.40 bits per heavy atom. The summed E-state index contributed by atoms with van der Waals surface area (Å²) in [6.45, 7) is 4.16. The van der Waals surface area contributed by atoms with Gasteiger partial charge in [-0.2, -0.15) is 0 Å². The van der Waals surface area contributed by atoms with Crippen molar-refractivity contribution in [3.63, 3.8) is 0 Å². The molecule has 0 saturated carbocycles. The molecule has 0 bridgehead atoms. The second-order valence-corrected chi connectivity index (χ2v) is 4.97. The number of halogens is 1. The fourth-order valence-corrected chi connectivity index (χ4v) is 1.86. The molecule has 5 heteroatoms. The first-order chi connectivity index (χ1) is 9.36. The number of carbonyl (C=O) groups excluding carboxylic acids is 2. The van der Waals surface area contributed by atoms with Crippen molar-refractivity contribution in [3.05, 3.63) is 35.1 Å². The molecule has 0 unspecified atom stereocenters. The van der Waals surface area contributed by atoms with Crippen molar-refractivity contribution in [3.8, 4) is 0 Å². The van der Waals surface area contributed by atoms with Crippen molar-refractivity contribution in [1.29, 1.82) is 0 Å². The smallest absolute Gasteiger partial charge is 0.254 e. The van der Waals surface area contributed by atoms with Gasteiger partial charge >= 0.3 is 0 Å². The Kier molecular flexibility index (Phi) is 5.67. The normalized spacial score (nSPS) is 10.2. The predicted octanol–water partition coefficient (Wildman–Crippen LogP) is 2.07. The molecule has 1 rings (SSSR count). The highest BCUT2D eigenvalue weighted by atomic mass is 19.1. The molecule has 0 aliphatic carbocycles. The summed E-state index contributed by atoms with van der Waals surface area (Å²) in [6, 6.07) is 4.05. The van der Waals surface area contributed by atoms with Crippen LogP contribution in [0.15, 0.2) is 18.2 Å². The minimum Gasteiger partial charge on any atom is -0.347 e. The average molecular weight is 280 g/mol. The largest absolute Gasteiger partial charge is 0.347 e. The molecule has 0 aromatic heterocycles. The van der Waals surface area contributed by atoms with Gasteiger partial charge in [-0.15, -0.1) is 0 Å². The van der Waals surface area contributed by atoms with Gasteiger partial charge < -0.3 is 9.80 Å². The molecular formula is C15H21FN2O2. The summed E-state index contributed by atoms with van der Waals surface area (Å²) in [5.74, 6) is -0.739. The fraction of sp³-hybridized carbons (Fsp3) is 0.467. The third-order valence-electron chi connectivity index (χ3n) is 3.02. The lowest BCUT2D eigenvalue weighted by molar-refractivity contribution is -0.129. The van der Waals surface area contributed by atoms with Crippen molar-refractivity contribution in [2.45, 2.75) is 20.3 Å². The van der Waals surface area contributed by atoms with Crippen LogP contribution in [-0.2, 0) is 4.79 Å². The van der Waals surface area contributed by atoms with Gasteiger partial charge in [0.25, 0.3) is 5.91 Å². The number of aryl methyl sites for hydroxylation is 1. The number of hydrogen-bond acceptors (Lipinski definition) is 2. The van der Waals surface area contributed by atoms with Crippen molar-refractivity contribution in [2.75, 3.05) is 27.2 Å². The van der Waals surface area contributed by atoms with E-state index in [-0.39, 0.29) is 24.2 Å². The molecule has 0 heterocycles. The second-order valence-electron chi connectivity index (χ2n) is 4.97. The lowest BCUT2D eigenvalue weighted by Crippen LogP contribution is -2.40. The molecule has 1 aromatic rings. The lowest BCUT2D eigenvalue weighted by atomic mass is 10.1. The lowest BCUT2D eigenvalue weighted by Gasteiger charge is -2.24. The SMILES string of the molecule is CCCN(CC(=O)N(C)C)C(=O)c1ccc(F)cc1C. The molecule has 1 aromatic carbocycles. The maximum Gasteiger partial charge on any atom is 0.254 e. The zero-order valence-electron chi connectivity index (χ0n) is 12.4. The highest BCUT2D eigenvalue weighted by Gasteiger charge is 2.20. The standard InChI is InChI=1S/C15H21FN2O2/c1-5-8-18(10-14(19)17(3)4)15(20)13-7-6-12(16)9-11(13)2/h6-7,9H,5,8,10H2,1-4H3. The third kappa shape index (κ3) is 4.05. The summed E-state index contributed by atoms with van der Waals surface area (Å²) >= 11 is 0. The minimum absolute atomic E-state index is 0.0382. The first-order valence-electron chi connectivity index (χ1n) is 6.62. The number of nitrogens with zero attached hydrogens (tertiary/aromatic N) is 2. The van der Waals surface area contributed by atoms with E-state index in [9.17, 15) is 14.0 Å². The van der Waals surface area contributed by atoms with Gasteiger partial charge in [-0.25, -0.2) is 4.39 Å². The van der Waals surface area contributed by atoms with Gasteiger partial charge in [-0.3, -0.25) is 9.59 Å². The molecule has 4 nitrogen and oxygen atoms in total. The van der Waals surface area contributed by atoms with Crippen LogP contribution in [-0.4, -0.2) is 48.8 Å². The van der Waals surface area contributed by atoms with Gasteiger partial charge in [0.15, 0.2) is 0 Å². The monoisotopic (exact) mass is 280 g/mol. The number of benzene rings is 1. The predicted molar refractivity (Wildman–Crippen MR) is 76.0 cm³/mol. The Bertz CT molecular complexity index is 501. The van der Waals surface area contributed by atoms with E-state index in [1.807, 2.05) is 6.92 Å². The van der Waals surface area contributed by atoms with Crippen LogP contribution in [0.5, 0.6) is 0 Å². The van der Waals surface area contributed by atoms with Gasteiger partial charge in [-0.05, 0) is 37.1 Å². The van der Waals surface area contributed by atoms with E-state index in [0.29, 0.717) is 17.7 Å². The maximum absolute atomic E-state index is 13.1. The van der Waals surface area contributed by atoms with E-state index in [2.05, 4.69) is 0 Å². The molecule has 0 aliphatic rings. The number of amides is 2. The molecule has 110 valence electrons. The van der Waals surface area contributed by atoms with E-state index < -0.39 is 0 Å². The first-order valence-corrected chi connectivity index (χ1v) is 6.62. The van der Waals surface area contributed by atoms with Crippen molar-refractivity contribution in [1.82, 2.24) is 9.80 Å². The third-order valence-corrected chi connectivity index (χ3v) is 3.02. The van der Waals surface area contributed by atoms with Gasteiger partial charge in [0.1, 0.15) is 12.4 Å². The Balaban J connectivity index is 2.96. The van der Waals surface area contributed by atoms with Crippen LogP contribution < -0.4 is 0 Å². The summed E-state index contributed by atoms with van der Waals surface area (Å²) < 4.78 is 13.1. The highest BCUT2D eigenvalue weighted by molar-refractivity contribution is 5.97. The molecule has 0 fully saturated rings. The van der Waals surface area contributed by atoms with Crippen LogP contribution in [0, 0.1) is 12.7 Å². The molecule has 0 aliphatic heterocycles. The Hall–Kier alpha value is -1.91. The number of rotatable bonds is 5. The second kappa shape index (κ2) is 7.03. The zero-order valence-corrected chi connectivity index (χ0v) is 12.4. The molecule has 0 saturated heterocycles. The van der Waals surface area contributed by atoms with Crippen LogP contribution >= 0.6 is 0 Å². The Labute approximate surface area is 119 Å². The molecule has 2 amide bonds. The van der Waals surface area contributed by atoms with E-state index in [1.54, 1.807) is 21.0 Å². The van der Waals surface area contributed by atoms with Crippen LogP contribution in [0.1, 0.15) is 29.3 Å².